The number of amides is 3. The Hall–Kier alpha value is -3.61. The molecule has 0 saturated heterocycles. The van der Waals surface area contributed by atoms with Crippen LogP contribution < -0.4 is 21.0 Å². The highest BCUT2D eigenvalue weighted by molar-refractivity contribution is 5.95. The summed E-state index contributed by atoms with van der Waals surface area (Å²) in [5, 5.41) is 5.87. The Morgan fingerprint density at radius 1 is 1.00 bits per heavy atom. The summed E-state index contributed by atoms with van der Waals surface area (Å²) < 4.78 is 10.8. The second-order valence-electron chi connectivity index (χ2n) is 7.65. The third-order valence-electron chi connectivity index (χ3n) is 5.36. The van der Waals surface area contributed by atoms with Crippen molar-refractivity contribution in [2.75, 3.05) is 6.61 Å². The van der Waals surface area contributed by atoms with E-state index in [9.17, 15) is 14.4 Å². The van der Waals surface area contributed by atoms with Gasteiger partial charge in [-0.05, 0) is 36.1 Å². The highest BCUT2D eigenvalue weighted by Crippen LogP contribution is 2.29. The first kappa shape index (κ1) is 20.7. The van der Waals surface area contributed by atoms with Crippen LogP contribution in [-0.4, -0.2) is 24.6 Å². The number of rotatable bonds is 5. The molecule has 1 heterocycles. The molecular formula is C24H24N2O5. The molecule has 1 aliphatic rings. The maximum atomic E-state index is 12.1. The maximum Gasteiger partial charge on any atom is 0.336 e. The van der Waals surface area contributed by atoms with Gasteiger partial charge in [-0.1, -0.05) is 49.6 Å². The number of carbonyl (C=O) groups is 2. The van der Waals surface area contributed by atoms with Crippen LogP contribution in [0.25, 0.3) is 22.1 Å². The zero-order chi connectivity index (χ0) is 21.6. The molecule has 31 heavy (non-hydrogen) atoms. The van der Waals surface area contributed by atoms with Crippen LogP contribution in [0.5, 0.6) is 5.75 Å². The van der Waals surface area contributed by atoms with Gasteiger partial charge in [0.15, 0.2) is 6.61 Å². The molecular weight excluding hydrogens is 396 g/mol. The SMILES string of the molecule is O=C(COc1ccc2c(-c3ccccc3)cc(=O)oc2c1)NC(=O)NC1CCCCC1. The summed E-state index contributed by atoms with van der Waals surface area (Å²) in [4.78, 5) is 36.0. The van der Waals surface area contributed by atoms with Gasteiger partial charge in [-0.3, -0.25) is 10.1 Å². The number of urea groups is 1. The summed E-state index contributed by atoms with van der Waals surface area (Å²) in [6.45, 7) is -0.327. The molecule has 1 aliphatic carbocycles. The van der Waals surface area contributed by atoms with Crippen molar-refractivity contribution in [1.82, 2.24) is 10.6 Å². The van der Waals surface area contributed by atoms with E-state index in [1.807, 2.05) is 30.3 Å². The van der Waals surface area contributed by atoms with Crippen LogP contribution in [0.3, 0.4) is 0 Å². The maximum absolute atomic E-state index is 12.1. The van der Waals surface area contributed by atoms with E-state index in [2.05, 4.69) is 10.6 Å². The monoisotopic (exact) mass is 420 g/mol. The largest absolute Gasteiger partial charge is 0.484 e. The van der Waals surface area contributed by atoms with Gasteiger partial charge in [0, 0.05) is 23.6 Å². The number of fused-ring (bicyclic) bond motifs is 1. The van der Waals surface area contributed by atoms with E-state index in [1.165, 1.54) is 12.5 Å². The highest BCUT2D eigenvalue weighted by atomic mass is 16.5. The smallest absolute Gasteiger partial charge is 0.336 e. The van der Waals surface area contributed by atoms with Crippen LogP contribution in [0.4, 0.5) is 4.79 Å². The zero-order valence-corrected chi connectivity index (χ0v) is 17.1. The first-order valence-corrected chi connectivity index (χ1v) is 10.4. The van der Waals surface area contributed by atoms with Gasteiger partial charge in [0.1, 0.15) is 11.3 Å². The van der Waals surface area contributed by atoms with Crippen LogP contribution in [0.2, 0.25) is 0 Å². The van der Waals surface area contributed by atoms with Crippen molar-refractivity contribution in [3.8, 4) is 16.9 Å². The fraction of sp³-hybridized carbons (Fsp3) is 0.292. The Balaban J connectivity index is 1.40. The average molecular weight is 420 g/mol. The van der Waals surface area contributed by atoms with Crippen molar-refractivity contribution in [3.05, 3.63) is 65.0 Å². The Morgan fingerprint density at radius 2 is 1.77 bits per heavy atom. The van der Waals surface area contributed by atoms with Crippen molar-refractivity contribution in [2.45, 2.75) is 38.1 Å². The number of hydrogen-bond donors (Lipinski definition) is 2. The van der Waals surface area contributed by atoms with Gasteiger partial charge in [-0.15, -0.1) is 0 Å². The highest BCUT2D eigenvalue weighted by Gasteiger charge is 2.17. The minimum atomic E-state index is -0.548. The lowest BCUT2D eigenvalue weighted by Gasteiger charge is -2.22. The Labute approximate surface area is 179 Å². The number of nitrogens with one attached hydrogen (secondary N) is 2. The summed E-state index contributed by atoms with van der Waals surface area (Å²) >= 11 is 0. The van der Waals surface area contributed by atoms with Crippen LogP contribution in [0.1, 0.15) is 32.1 Å². The topological polar surface area (TPSA) is 97.6 Å². The third-order valence-corrected chi connectivity index (χ3v) is 5.36. The van der Waals surface area contributed by atoms with Gasteiger partial charge in [0.05, 0.1) is 0 Å². The fourth-order valence-electron chi connectivity index (χ4n) is 3.87. The summed E-state index contributed by atoms with van der Waals surface area (Å²) in [6, 6.07) is 15.7. The molecule has 1 aromatic heterocycles. The molecule has 0 aliphatic heterocycles. The van der Waals surface area contributed by atoms with Gasteiger partial charge >= 0.3 is 11.7 Å². The summed E-state index contributed by atoms with van der Waals surface area (Å²) in [7, 11) is 0. The van der Waals surface area contributed by atoms with Gasteiger partial charge in [0.25, 0.3) is 5.91 Å². The van der Waals surface area contributed by atoms with Crippen molar-refractivity contribution in [3.63, 3.8) is 0 Å². The van der Waals surface area contributed by atoms with Crippen LogP contribution in [0, 0.1) is 0 Å². The Morgan fingerprint density at radius 3 is 2.55 bits per heavy atom. The quantitative estimate of drug-likeness (QED) is 0.608. The molecule has 7 heteroatoms. The molecule has 3 aromatic rings. The normalized spacial score (nSPS) is 14.2. The van der Waals surface area contributed by atoms with Crippen LogP contribution >= 0.6 is 0 Å². The molecule has 4 rings (SSSR count). The summed E-state index contributed by atoms with van der Waals surface area (Å²) in [5.41, 5.74) is 1.55. The molecule has 160 valence electrons. The fourth-order valence-corrected chi connectivity index (χ4v) is 3.87. The molecule has 3 amide bonds. The summed E-state index contributed by atoms with van der Waals surface area (Å²) in [5.74, 6) is -0.184. The zero-order valence-electron chi connectivity index (χ0n) is 17.1. The van der Waals surface area contributed by atoms with Crippen molar-refractivity contribution >= 4 is 22.9 Å². The minimum absolute atomic E-state index is 0.115. The van der Waals surface area contributed by atoms with E-state index in [4.69, 9.17) is 9.15 Å². The molecule has 1 fully saturated rings. The molecule has 2 N–H and O–H groups in total. The second kappa shape index (κ2) is 9.47. The number of carbonyl (C=O) groups excluding carboxylic acids is 2. The summed E-state index contributed by atoms with van der Waals surface area (Å²) in [6.07, 6.45) is 5.24. The lowest BCUT2D eigenvalue weighted by Crippen LogP contribution is -2.46. The predicted octanol–water partition coefficient (Wildman–Crippen LogP) is 4.00. The van der Waals surface area contributed by atoms with Crippen LogP contribution in [-0.2, 0) is 4.79 Å². The van der Waals surface area contributed by atoms with Gasteiger partial charge in [-0.2, -0.15) is 0 Å². The number of imide groups is 1. The van der Waals surface area contributed by atoms with Crippen LogP contribution in [0.15, 0.2) is 63.8 Å². The standard InChI is InChI=1S/C24H24N2O5/c27-22(26-24(29)25-17-9-5-2-6-10-17)15-30-18-11-12-19-20(16-7-3-1-4-8-16)14-23(28)31-21(19)13-18/h1,3-4,7-8,11-14,17H,2,5-6,9-10,15H2,(H2,25,26,27,29). The van der Waals surface area contributed by atoms with Crippen molar-refractivity contribution < 1.29 is 18.7 Å². The van der Waals surface area contributed by atoms with Crippen molar-refractivity contribution in [1.29, 1.82) is 0 Å². The Bertz CT molecular complexity index is 1130. The van der Waals surface area contributed by atoms with Gasteiger partial charge in [0.2, 0.25) is 0 Å². The van der Waals surface area contributed by atoms with E-state index in [0.717, 1.165) is 42.2 Å². The van der Waals surface area contributed by atoms with E-state index in [1.54, 1.807) is 18.2 Å². The molecule has 7 nitrogen and oxygen atoms in total. The average Bonchev–Trinajstić information content (AvgIpc) is 2.78. The van der Waals surface area contributed by atoms with E-state index in [0.29, 0.717) is 11.3 Å². The van der Waals surface area contributed by atoms with E-state index < -0.39 is 17.6 Å². The van der Waals surface area contributed by atoms with Crippen molar-refractivity contribution in [2.24, 2.45) is 0 Å². The molecule has 0 atom stereocenters. The molecule has 0 bridgehead atoms. The molecule has 0 spiro atoms. The minimum Gasteiger partial charge on any atom is -0.484 e. The third kappa shape index (κ3) is 5.31. The van der Waals surface area contributed by atoms with Gasteiger partial charge in [-0.25, -0.2) is 9.59 Å². The number of hydrogen-bond acceptors (Lipinski definition) is 5. The van der Waals surface area contributed by atoms with E-state index in [-0.39, 0.29) is 12.6 Å². The molecule has 0 radical (unpaired) electrons. The second-order valence-corrected chi connectivity index (χ2v) is 7.65. The molecule has 0 unspecified atom stereocenters. The number of benzene rings is 2. The molecule has 2 aromatic carbocycles. The first-order chi connectivity index (χ1) is 15.1. The Kier molecular flexibility index (Phi) is 6.31. The molecule has 1 saturated carbocycles. The first-order valence-electron chi connectivity index (χ1n) is 10.4. The lowest BCUT2D eigenvalue weighted by molar-refractivity contribution is -0.122. The number of ether oxygens (including phenoxy) is 1. The van der Waals surface area contributed by atoms with Gasteiger partial charge < -0.3 is 14.5 Å². The predicted molar refractivity (Wildman–Crippen MR) is 117 cm³/mol. The van der Waals surface area contributed by atoms with E-state index >= 15 is 0 Å². The lowest BCUT2D eigenvalue weighted by atomic mass is 9.96.